The van der Waals surface area contributed by atoms with E-state index in [0.29, 0.717) is 19.4 Å². The minimum Gasteiger partial charge on any atom is -0.308 e. The summed E-state index contributed by atoms with van der Waals surface area (Å²) in [6, 6.07) is 10.6. The van der Waals surface area contributed by atoms with Gasteiger partial charge in [0.2, 0.25) is 15.9 Å². The van der Waals surface area contributed by atoms with Crippen LogP contribution in [0.25, 0.3) is 0 Å². The van der Waals surface area contributed by atoms with E-state index in [1.54, 1.807) is 18.3 Å². The number of amides is 1. The van der Waals surface area contributed by atoms with E-state index in [1.807, 2.05) is 0 Å². The predicted octanol–water partition coefficient (Wildman–Crippen LogP) is 3.67. The Balaban J connectivity index is 1.35. The summed E-state index contributed by atoms with van der Waals surface area (Å²) in [6.07, 6.45) is 2.15. The number of nitro groups is 1. The summed E-state index contributed by atoms with van der Waals surface area (Å²) in [5.74, 6) is -0.894. The van der Waals surface area contributed by atoms with Gasteiger partial charge in [-0.2, -0.15) is 9.40 Å². The fraction of sp³-hybridized carbons (Fsp3) is 0.273. The molecule has 2 aromatic carbocycles. The van der Waals surface area contributed by atoms with Gasteiger partial charge >= 0.3 is 0 Å². The molecule has 1 N–H and O–H groups in total. The lowest BCUT2D eigenvalue weighted by Crippen LogP contribution is -2.41. The van der Waals surface area contributed by atoms with Gasteiger partial charge in [-0.15, -0.1) is 0 Å². The Morgan fingerprint density at radius 2 is 1.77 bits per heavy atom. The quantitative estimate of drug-likeness (QED) is 0.373. The number of non-ortho nitro benzene ring substituents is 1. The molecule has 0 bridgehead atoms. The monoisotopic (exact) mass is 521 g/mol. The number of carbonyl (C=O) groups excluding carboxylic acids is 1. The number of hydrogen-bond acceptors (Lipinski definition) is 6. The van der Waals surface area contributed by atoms with Crippen LogP contribution in [0.15, 0.2) is 59.6 Å². The number of piperidine rings is 1. The molecule has 10 nitrogen and oxygen atoms in total. The normalized spacial score (nSPS) is 15.1. The molecular formula is C22H21ClFN5O5S. The zero-order chi connectivity index (χ0) is 25.2. The van der Waals surface area contributed by atoms with Crippen molar-refractivity contribution in [1.29, 1.82) is 0 Å². The summed E-state index contributed by atoms with van der Waals surface area (Å²) in [7, 11) is -3.83. The fourth-order valence-electron chi connectivity index (χ4n) is 3.81. The maximum atomic E-state index is 13.1. The molecule has 0 aliphatic carbocycles. The molecule has 1 fully saturated rings. The van der Waals surface area contributed by atoms with Crippen LogP contribution >= 0.6 is 11.6 Å². The van der Waals surface area contributed by atoms with Crippen molar-refractivity contribution in [2.75, 3.05) is 18.4 Å². The minimum atomic E-state index is -3.83. The van der Waals surface area contributed by atoms with Gasteiger partial charge in [0.1, 0.15) is 10.8 Å². The highest BCUT2D eigenvalue weighted by Crippen LogP contribution is 2.27. The molecule has 2 heterocycles. The average Bonchev–Trinajstić information content (AvgIpc) is 3.18. The van der Waals surface area contributed by atoms with Gasteiger partial charge in [-0.25, -0.2) is 12.8 Å². The molecule has 1 saturated heterocycles. The number of aromatic nitrogens is 2. The van der Waals surface area contributed by atoms with Crippen LogP contribution in [0.2, 0.25) is 5.02 Å². The Morgan fingerprint density at radius 3 is 2.37 bits per heavy atom. The standard InChI is InChI=1S/C22H21ClFN5O5S/c23-20-14-27(13-15-1-3-17(24)4-2-15)26-21(20)25-22(30)16-9-11-28(12-10-16)35(33,34)19-7-5-18(6-8-19)29(31)32/h1-8,14,16H,9-13H2,(H,25,26,30). The van der Waals surface area contributed by atoms with E-state index < -0.39 is 20.9 Å². The Morgan fingerprint density at radius 1 is 1.14 bits per heavy atom. The SMILES string of the molecule is O=C(Nc1nn(Cc2ccc(F)cc2)cc1Cl)C1CCN(S(=O)(=O)c2ccc([N+](=O)[O-])cc2)CC1. The molecule has 13 heteroatoms. The van der Waals surface area contributed by atoms with E-state index in [1.165, 1.54) is 33.3 Å². The fourth-order valence-corrected chi connectivity index (χ4v) is 5.47. The molecule has 0 atom stereocenters. The Kier molecular flexibility index (Phi) is 7.15. The van der Waals surface area contributed by atoms with Crippen LogP contribution in [-0.4, -0.2) is 46.4 Å². The van der Waals surface area contributed by atoms with Crippen molar-refractivity contribution in [2.24, 2.45) is 5.92 Å². The smallest absolute Gasteiger partial charge is 0.269 e. The minimum absolute atomic E-state index is 0.0375. The number of nitro benzene ring substituents is 1. The maximum Gasteiger partial charge on any atom is 0.269 e. The molecule has 0 radical (unpaired) electrons. The number of benzene rings is 2. The summed E-state index contributed by atoms with van der Waals surface area (Å²) in [6.45, 7) is 0.600. The highest BCUT2D eigenvalue weighted by atomic mass is 35.5. The van der Waals surface area contributed by atoms with Gasteiger partial charge in [0.25, 0.3) is 5.69 Å². The zero-order valence-corrected chi connectivity index (χ0v) is 19.9. The first kappa shape index (κ1) is 24.8. The zero-order valence-electron chi connectivity index (χ0n) is 18.3. The number of carbonyl (C=O) groups is 1. The molecule has 184 valence electrons. The van der Waals surface area contributed by atoms with E-state index in [4.69, 9.17) is 11.6 Å². The van der Waals surface area contributed by atoms with Crippen LogP contribution in [-0.2, 0) is 21.4 Å². The molecule has 1 aliphatic heterocycles. The molecule has 1 aromatic heterocycles. The number of anilines is 1. The first-order valence-electron chi connectivity index (χ1n) is 10.7. The number of nitrogens with one attached hydrogen (secondary N) is 1. The van der Waals surface area contributed by atoms with Gasteiger partial charge in [0.15, 0.2) is 5.82 Å². The van der Waals surface area contributed by atoms with Crippen LogP contribution < -0.4 is 5.32 Å². The van der Waals surface area contributed by atoms with Crippen molar-refractivity contribution in [1.82, 2.24) is 14.1 Å². The molecule has 0 spiro atoms. The molecule has 3 aromatic rings. The Bertz CT molecular complexity index is 1340. The summed E-state index contributed by atoms with van der Waals surface area (Å²) in [5.41, 5.74) is 0.614. The summed E-state index contributed by atoms with van der Waals surface area (Å²) in [5, 5.41) is 18.0. The van der Waals surface area contributed by atoms with Crippen molar-refractivity contribution < 1.29 is 22.5 Å². The van der Waals surface area contributed by atoms with Crippen LogP contribution in [0.5, 0.6) is 0 Å². The second-order valence-electron chi connectivity index (χ2n) is 8.07. The molecule has 0 unspecified atom stereocenters. The molecule has 4 rings (SSSR count). The van der Waals surface area contributed by atoms with E-state index in [9.17, 15) is 27.7 Å². The van der Waals surface area contributed by atoms with Gasteiger partial charge in [-0.3, -0.25) is 19.6 Å². The summed E-state index contributed by atoms with van der Waals surface area (Å²) < 4.78 is 41.6. The van der Waals surface area contributed by atoms with Crippen molar-refractivity contribution in [3.8, 4) is 0 Å². The molecular weight excluding hydrogens is 501 g/mol. The first-order chi connectivity index (χ1) is 16.6. The van der Waals surface area contributed by atoms with Gasteiger partial charge in [-0.1, -0.05) is 23.7 Å². The second-order valence-corrected chi connectivity index (χ2v) is 10.4. The van der Waals surface area contributed by atoms with Crippen molar-refractivity contribution >= 4 is 39.0 Å². The lowest BCUT2D eigenvalue weighted by Gasteiger charge is -2.30. The van der Waals surface area contributed by atoms with Gasteiger partial charge < -0.3 is 5.32 Å². The van der Waals surface area contributed by atoms with Crippen LogP contribution in [0, 0.1) is 21.8 Å². The second kappa shape index (κ2) is 10.1. The summed E-state index contributed by atoms with van der Waals surface area (Å²) >= 11 is 6.21. The van der Waals surface area contributed by atoms with Gasteiger partial charge in [0.05, 0.1) is 16.4 Å². The molecule has 0 saturated carbocycles. The van der Waals surface area contributed by atoms with Gasteiger partial charge in [-0.05, 0) is 42.7 Å². The third kappa shape index (κ3) is 5.66. The number of halogens is 2. The van der Waals surface area contributed by atoms with Crippen molar-refractivity contribution in [3.05, 3.63) is 81.2 Å². The first-order valence-corrected chi connectivity index (χ1v) is 12.5. The number of sulfonamides is 1. The lowest BCUT2D eigenvalue weighted by atomic mass is 9.97. The van der Waals surface area contributed by atoms with Crippen LogP contribution in [0.4, 0.5) is 15.9 Å². The van der Waals surface area contributed by atoms with E-state index in [2.05, 4.69) is 10.4 Å². The predicted molar refractivity (Wildman–Crippen MR) is 126 cm³/mol. The van der Waals surface area contributed by atoms with Gasteiger partial charge in [0, 0.05) is 37.3 Å². The van der Waals surface area contributed by atoms with Crippen LogP contribution in [0.3, 0.4) is 0 Å². The largest absolute Gasteiger partial charge is 0.308 e. The average molecular weight is 522 g/mol. The third-order valence-corrected chi connectivity index (χ3v) is 7.92. The van der Waals surface area contributed by atoms with Crippen LogP contribution in [0.1, 0.15) is 18.4 Å². The Labute approximate surface area is 205 Å². The van der Waals surface area contributed by atoms with E-state index >= 15 is 0 Å². The maximum absolute atomic E-state index is 13.1. The van der Waals surface area contributed by atoms with Crippen molar-refractivity contribution in [2.45, 2.75) is 24.3 Å². The lowest BCUT2D eigenvalue weighted by molar-refractivity contribution is -0.384. The topological polar surface area (TPSA) is 127 Å². The number of nitrogens with zero attached hydrogens (tertiary/aromatic N) is 4. The molecule has 35 heavy (non-hydrogen) atoms. The Hall–Kier alpha value is -3.35. The van der Waals surface area contributed by atoms with E-state index in [0.717, 1.165) is 17.7 Å². The van der Waals surface area contributed by atoms with Crippen molar-refractivity contribution in [3.63, 3.8) is 0 Å². The highest BCUT2D eigenvalue weighted by Gasteiger charge is 2.32. The third-order valence-electron chi connectivity index (χ3n) is 5.73. The van der Waals surface area contributed by atoms with E-state index in [-0.39, 0.29) is 46.2 Å². The molecule has 1 amide bonds. The summed E-state index contributed by atoms with van der Waals surface area (Å²) in [4.78, 5) is 22.9. The number of rotatable bonds is 7. The molecule has 1 aliphatic rings. The number of hydrogen-bond donors (Lipinski definition) is 1. The highest BCUT2D eigenvalue weighted by molar-refractivity contribution is 7.89.